The Balaban J connectivity index is 1.48. The highest BCUT2D eigenvalue weighted by Crippen LogP contribution is 2.18. The molecule has 2 heterocycles. The summed E-state index contributed by atoms with van der Waals surface area (Å²) in [6.07, 6.45) is 2.31. The van der Waals surface area contributed by atoms with E-state index in [2.05, 4.69) is 27.1 Å². The first kappa shape index (κ1) is 22.8. The number of nitrogen functional groups attached to an aromatic ring is 1. The summed E-state index contributed by atoms with van der Waals surface area (Å²) in [5.41, 5.74) is 7.49. The Hall–Kier alpha value is -2.91. The molecule has 1 aliphatic rings. The molecule has 9 heteroatoms. The summed E-state index contributed by atoms with van der Waals surface area (Å²) in [4.78, 5) is 29.2. The number of hydrogen-bond acceptors (Lipinski definition) is 7. The van der Waals surface area contributed by atoms with Crippen LogP contribution in [0.2, 0.25) is 0 Å². The van der Waals surface area contributed by atoms with Crippen molar-refractivity contribution < 1.29 is 14.3 Å². The number of carbonyl (C=O) groups excluding carboxylic acids is 2. The van der Waals surface area contributed by atoms with E-state index in [4.69, 9.17) is 10.5 Å². The van der Waals surface area contributed by atoms with Crippen LogP contribution in [0.1, 0.15) is 41.0 Å². The molecule has 1 saturated heterocycles. The maximum absolute atomic E-state index is 12.4. The van der Waals surface area contributed by atoms with Crippen LogP contribution in [-0.2, 0) is 4.74 Å². The maximum Gasteiger partial charge on any atom is 0.343 e. The Bertz CT molecular complexity index is 872. The molecule has 0 radical (unpaired) electrons. The van der Waals surface area contributed by atoms with Gasteiger partial charge in [0.05, 0.1) is 18.5 Å². The summed E-state index contributed by atoms with van der Waals surface area (Å²) in [7, 11) is 0. The number of anilines is 1. The zero-order chi connectivity index (χ0) is 22.2. The largest absolute Gasteiger partial charge is 0.462 e. The average Bonchev–Trinajstić information content (AvgIpc) is 3.18. The molecule has 0 spiro atoms. The topological polar surface area (TPSA) is 106 Å². The van der Waals surface area contributed by atoms with E-state index >= 15 is 0 Å². The van der Waals surface area contributed by atoms with Gasteiger partial charge >= 0.3 is 5.97 Å². The third kappa shape index (κ3) is 5.83. The normalized spacial score (nSPS) is 15.0. The lowest BCUT2D eigenvalue weighted by Crippen LogP contribution is -2.46. The molecule has 3 N–H and O–H groups in total. The van der Waals surface area contributed by atoms with Gasteiger partial charge in [0, 0.05) is 38.3 Å². The van der Waals surface area contributed by atoms with E-state index in [1.165, 1.54) is 10.9 Å². The smallest absolute Gasteiger partial charge is 0.343 e. The van der Waals surface area contributed by atoms with Crippen molar-refractivity contribution >= 4 is 17.7 Å². The van der Waals surface area contributed by atoms with Crippen LogP contribution >= 0.6 is 0 Å². The van der Waals surface area contributed by atoms with Crippen molar-refractivity contribution in [3.05, 3.63) is 41.6 Å². The predicted molar refractivity (Wildman–Crippen MR) is 119 cm³/mol. The van der Waals surface area contributed by atoms with Crippen molar-refractivity contribution in [3.63, 3.8) is 0 Å². The second-order valence-corrected chi connectivity index (χ2v) is 7.51. The standard InChI is InChI=1S/C22H32N6O3/c1-3-26-12-14-27(15-13-26)11-5-10-24-21(29)17-6-8-18(9-7-17)28-20(23)19(16-25-28)22(30)31-4-2/h6-9,16H,3-5,10-15,23H2,1-2H3,(H,24,29). The number of amides is 1. The van der Waals surface area contributed by atoms with Gasteiger partial charge < -0.3 is 25.6 Å². The van der Waals surface area contributed by atoms with Crippen molar-refractivity contribution in [1.29, 1.82) is 0 Å². The number of piperazine rings is 1. The van der Waals surface area contributed by atoms with Gasteiger partial charge in [0.2, 0.25) is 0 Å². The third-order valence-corrected chi connectivity index (χ3v) is 5.52. The monoisotopic (exact) mass is 428 g/mol. The van der Waals surface area contributed by atoms with Crippen LogP contribution in [0.25, 0.3) is 5.69 Å². The summed E-state index contributed by atoms with van der Waals surface area (Å²) < 4.78 is 6.42. The minimum atomic E-state index is -0.505. The molecule has 1 aromatic heterocycles. The number of nitrogens with zero attached hydrogens (tertiary/aromatic N) is 4. The molecule has 0 atom stereocenters. The summed E-state index contributed by atoms with van der Waals surface area (Å²) in [6, 6.07) is 6.94. The number of nitrogens with one attached hydrogen (secondary N) is 1. The second kappa shape index (κ2) is 10.9. The third-order valence-electron chi connectivity index (χ3n) is 5.52. The molecule has 1 aliphatic heterocycles. The maximum atomic E-state index is 12.4. The average molecular weight is 429 g/mol. The Labute approximate surface area is 183 Å². The number of likely N-dealkylation sites (N-methyl/N-ethyl adjacent to an activating group) is 1. The summed E-state index contributed by atoms with van der Waals surface area (Å²) in [5.74, 6) is -0.409. The van der Waals surface area contributed by atoms with E-state index in [0.717, 1.165) is 45.7 Å². The summed E-state index contributed by atoms with van der Waals surface area (Å²) in [6.45, 7) is 11.4. The SMILES string of the molecule is CCOC(=O)c1cnn(-c2ccc(C(=O)NCCCN3CCN(CC)CC3)cc2)c1N. The summed E-state index contributed by atoms with van der Waals surface area (Å²) in [5, 5.41) is 7.14. The van der Waals surface area contributed by atoms with E-state index in [1.54, 1.807) is 31.2 Å². The van der Waals surface area contributed by atoms with Gasteiger partial charge in [-0.05, 0) is 50.7 Å². The Morgan fingerprint density at radius 3 is 2.42 bits per heavy atom. The van der Waals surface area contributed by atoms with Crippen LogP contribution in [0, 0.1) is 0 Å². The Kier molecular flexibility index (Phi) is 8.02. The lowest BCUT2D eigenvalue weighted by molar-refractivity contribution is 0.0527. The fourth-order valence-corrected chi connectivity index (χ4v) is 3.62. The number of esters is 1. The quantitative estimate of drug-likeness (QED) is 0.459. The molecule has 0 unspecified atom stereocenters. The van der Waals surface area contributed by atoms with Gasteiger partial charge in [-0.2, -0.15) is 5.10 Å². The van der Waals surface area contributed by atoms with Crippen LogP contribution < -0.4 is 11.1 Å². The fourth-order valence-electron chi connectivity index (χ4n) is 3.62. The molecule has 0 aliphatic carbocycles. The number of hydrogen-bond donors (Lipinski definition) is 2. The molecule has 0 saturated carbocycles. The van der Waals surface area contributed by atoms with Crippen molar-refractivity contribution in [1.82, 2.24) is 24.9 Å². The zero-order valence-electron chi connectivity index (χ0n) is 18.3. The molecule has 3 rings (SSSR count). The van der Waals surface area contributed by atoms with Gasteiger partial charge in [0.15, 0.2) is 0 Å². The first-order valence-corrected chi connectivity index (χ1v) is 10.9. The number of rotatable bonds is 9. The molecule has 0 bridgehead atoms. The number of aromatic nitrogens is 2. The van der Waals surface area contributed by atoms with Gasteiger partial charge in [-0.15, -0.1) is 0 Å². The van der Waals surface area contributed by atoms with Gasteiger partial charge in [-0.3, -0.25) is 4.79 Å². The van der Waals surface area contributed by atoms with Gasteiger partial charge in [0.1, 0.15) is 11.4 Å². The van der Waals surface area contributed by atoms with Crippen molar-refractivity contribution in [2.45, 2.75) is 20.3 Å². The highest BCUT2D eigenvalue weighted by atomic mass is 16.5. The second-order valence-electron chi connectivity index (χ2n) is 7.51. The molecule has 1 amide bonds. The predicted octanol–water partition coefficient (Wildman–Crippen LogP) is 1.39. The highest BCUT2D eigenvalue weighted by molar-refractivity contribution is 5.95. The minimum Gasteiger partial charge on any atom is -0.462 e. The molecular weight excluding hydrogens is 396 g/mol. The van der Waals surface area contributed by atoms with Gasteiger partial charge in [-0.25, -0.2) is 9.48 Å². The fraction of sp³-hybridized carbons (Fsp3) is 0.500. The number of ether oxygens (including phenoxy) is 1. The lowest BCUT2D eigenvalue weighted by atomic mass is 10.2. The van der Waals surface area contributed by atoms with E-state index in [9.17, 15) is 9.59 Å². The Morgan fingerprint density at radius 1 is 1.10 bits per heavy atom. The summed E-state index contributed by atoms with van der Waals surface area (Å²) >= 11 is 0. The van der Waals surface area contributed by atoms with Crippen LogP contribution in [0.5, 0.6) is 0 Å². The molecule has 1 fully saturated rings. The first-order valence-electron chi connectivity index (χ1n) is 10.9. The van der Waals surface area contributed by atoms with Gasteiger partial charge in [0.25, 0.3) is 5.91 Å². The number of carbonyl (C=O) groups is 2. The van der Waals surface area contributed by atoms with Gasteiger partial charge in [-0.1, -0.05) is 6.92 Å². The molecule has 2 aromatic rings. The molecule has 31 heavy (non-hydrogen) atoms. The van der Waals surface area contributed by atoms with Crippen molar-refractivity contribution in [3.8, 4) is 5.69 Å². The van der Waals surface area contributed by atoms with Crippen LogP contribution in [0.4, 0.5) is 5.82 Å². The minimum absolute atomic E-state index is 0.108. The van der Waals surface area contributed by atoms with E-state index in [-0.39, 0.29) is 23.9 Å². The lowest BCUT2D eigenvalue weighted by Gasteiger charge is -2.33. The molecule has 1 aromatic carbocycles. The van der Waals surface area contributed by atoms with E-state index in [1.807, 2.05) is 0 Å². The highest BCUT2D eigenvalue weighted by Gasteiger charge is 2.18. The number of benzene rings is 1. The zero-order valence-corrected chi connectivity index (χ0v) is 18.3. The Morgan fingerprint density at radius 2 is 1.77 bits per heavy atom. The van der Waals surface area contributed by atoms with Crippen LogP contribution in [0.15, 0.2) is 30.5 Å². The molecular formula is C22H32N6O3. The number of nitrogens with two attached hydrogens (primary N) is 1. The van der Waals surface area contributed by atoms with Crippen LogP contribution in [-0.4, -0.2) is 83.9 Å². The van der Waals surface area contributed by atoms with Crippen LogP contribution in [0.3, 0.4) is 0 Å². The molecule has 168 valence electrons. The molecule has 9 nitrogen and oxygen atoms in total. The van der Waals surface area contributed by atoms with E-state index < -0.39 is 5.97 Å². The van der Waals surface area contributed by atoms with Crippen molar-refractivity contribution in [2.24, 2.45) is 0 Å². The first-order chi connectivity index (χ1) is 15.0. The van der Waals surface area contributed by atoms with Crippen molar-refractivity contribution in [2.75, 3.05) is 58.2 Å². The van der Waals surface area contributed by atoms with E-state index in [0.29, 0.717) is 17.8 Å².